The molecule has 1 amide bonds. The maximum atomic E-state index is 12.0. The molecule has 0 aliphatic heterocycles. The summed E-state index contributed by atoms with van der Waals surface area (Å²) in [6.07, 6.45) is 0. The van der Waals surface area contributed by atoms with E-state index in [1.165, 1.54) is 39.5 Å². The highest BCUT2D eigenvalue weighted by molar-refractivity contribution is 5.94. The van der Waals surface area contributed by atoms with E-state index in [1.807, 2.05) is 0 Å². The quantitative estimate of drug-likeness (QED) is 0.679. The van der Waals surface area contributed by atoms with E-state index in [4.69, 9.17) is 18.9 Å². The summed E-state index contributed by atoms with van der Waals surface area (Å²) in [6, 6.07) is 9.40. The molecule has 0 bridgehead atoms. The number of carbonyl (C=O) groups is 2. The third-order valence-corrected chi connectivity index (χ3v) is 3.70. The molecule has 2 N–H and O–H groups in total. The van der Waals surface area contributed by atoms with Gasteiger partial charge in [-0.05, 0) is 29.8 Å². The SMILES string of the molecule is COc1ccc(C(=O)OCC(=O)NCc2ccc(OC)c(OC)c2)c(O)c1. The molecule has 0 heterocycles. The van der Waals surface area contributed by atoms with Crippen molar-refractivity contribution in [3.05, 3.63) is 47.5 Å². The molecule has 144 valence electrons. The molecule has 8 heteroatoms. The van der Waals surface area contributed by atoms with Crippen molar-refractivity contribution >= 4 is 11.9 Å². The minimum Gasteiger partial charge on any atom is -0.507 e. The molecule has 0 atom stereocenters. The van der Waals surface area contributed by atoms with Crippen molar-refractivity contribution < 1.29 is 33.6 Å². The maximum absolute atomic E-state index is 12.0. The van der Waals surface area contributed by atoms with Crippen LogP contribution in [0.25, 0.3) is 0 Å². The Morgan fingerprint density at radius 1 is 0.963 bits per heavy atom. The van der Waals surface area contributed by atoms with Crippen molar-refractivity contribution in [2.75, 3.05) is 27.9 Å². The van der Waals surface area contributed by atoms with Crippen LogP contribution in [-0.2, 0) is 16.1 Å². The molecule has 0 aromatic heterocycles. The Bertz CT molecular complexity index is 820. The molecule has 8 nitrogen and oxygen atoms in total. The van der Waals surface area contributed by atoms with E-state index >= 15 is 0 Å². The Morgan fingerprint density at radius 2 is 1.70 bits per heavy atom. The fourth-order valence-electron chi connectivity index (χ4n) is 2.26. The van der Waals surface area contributed by atoms with E-state index in [0.717, 1.165) is 5.56 Å². The topological polar surface area (TPSA) is 103 Å². The molecule has 2 aromatic rings. The second-order valence-corrected chi connectivity index (χ2v) is 5.43. The zero-order valence-corrected chi connectivity index (χ0v) is 15.3. The van der Waals surface area contributed by atoms with Gasteiger partial charge in [-0.15, -0.1) is 0 Å². The number of phenolic OH excluding ortho intramolecular Hbond substituents is 1. The van der Waals surface area contributed by atoms with Gasteiger partial charge in [-0.3, -0.25) is 4.79 Å². The molecule has 0 aliphatic carbocycles. The van der Waals surface area contributed by atoms with Crippen LogP contribution < -0.4 is 19.5 Å². The summed E-state index contributed by atoms with van der Waals surface area (Å²) in [7, 11) is 4.50. The fraction of sp³-hybridized carbons (Fsp3) is 0.263. The summed E-state index contributed by atoms with van der Waals surface area (Å²) in [5, 5.41) is 12.4. The third kappa shape index (κ3) is 5.27. The number of carbonyl (C=O) groups excluding carboxylic acids is 2. The average Bonchev–Trinajstić information content (AvgIpc) is 2.69. The number of esters is 1. The Labute approximate surface area is 156 Å². The summed E-state index contributed by atoms with van der Waals surface area (Å²) in [6.45, 7) is -0.248. The van der Waals surface area contributed by atoms with Crippen LogP contribution in [0.15, 0.2) is 36.4 Å². The lowest BCUT2D eigenvalue weighted by atomic mass is 10.2. The van der Waals surface area contributed by atoms with Crippen molar-refractivity contribution in [3.8, 4) is 23.0 Å². The van der Waals surface area contributed by atoms with Crippen LogP contribution in [0.5, 0.6) is 23.0 Å². The summed E-state index contributed by atoms with van der Waals surface area (Å²) in [5.74, 6) is -0.0455. The van der Waals surface area contributed by atoms with E-state index in [0.29, 0.717) is 17.2 Å². The first kappa shape index (κ1) is 19.9. The number of hydrogen-bond acceptors (Lipinski definition) is 7. The number of methoxy groups -OCH3 is 3. The summed E-state index contributed by atoms with van der Waals surface area (Å²) in [5.41, 5.74) is 0.739. The van der Waals surface area contributed by atoms with Gasteiger partial charge in [0.05, 0.1) is 21.3 Å². The summed E-state index contributed by atoms with van der Waals surface area (Å²) < 4.78 is 20.2. The molecule has 0 radical (unpaired) electrons. The number of hydrogen-bond donors (Lipinski definition) is 2. The number of benzene rings is 2. The fourth-order valence-corrected chi connectivity index (χ4v) is 2.26. The normalized spacial score (nSPS) is 10.0. The molecule has 0 fully saturated rings. The van der Waals surface area contributed by atoms with E-state index in [-0.39, 0.29) is 17.9 Å². The van der Waals surface area contributed by atoms with Crippen molar-refractivity contribution in [3.63, 3.8) is 0 Å². The standard InChI is InChI=1S/C19H21NO7/c1-24-13-5-6-14(15(21)9-13)19(23)27-11-18(22)20-10-12-4-7-16(25-2)17(8-12)26-3/h4-9,21H,10-11H2,1-3H3,(H,20,22). The summed E-state index contributed by atoms with van der Waals surface area (Å²) in [4.78, 5) is 23.9. The van der Waals surface area contributed by atoms with Gasteiger partial charge in [0, 0.05) is 12.6 Å². The maximum Gasteiger partial charge on any atom is 0.342 e. The van der Waals surface area contributed by atoms with Crippen molar-refractivity contribution in [1.82, 2.24) is 5.32 Å². The Hall–Kier alpha value is -3.42. The van der Waals surface area contributed by atoms with Crippen LogP contribution in [-0.4, -0.2) is 44.9 Å². The van der Waals surface area contributed by atoms with Gasteiger partial charge in [-0.1, -0.05) is 6.07 Å². The van der Waals surface area contributed by atoms with Gasteiger partial charge in [-0.25, -0.2) is 4.79 Å². The first-order chi connectivity index (χ1) is 13.0. The van der Waals surface area contributed by atoms with Gasteiger partial charge in [0.15, 0.2) is 18.1 Å². The van der Waals surface area contributed by atoms with Gasteiger partial charge in [0.1, 0.15) is 17.1 Å². The molecule has 0 aliphatic rings. The van der Waals surface area contributed by atoms with Crippen molar-refractivity contribution in [2.45, 2.75) is 6.54 Å². The average molecular weight is 375 g/mol. The molecule has 0 spiro atoms. The van der Waals surface area contributed by atoms with Gasteiger partial charge in [0.25, 0.3) is 5.91 Å². The monoisotopic (exact) mass is 375 g/mol. The highest BCUT2D eigenvalue weighted by atomic mass is 16.5. The number of ether oxygens (including phenoxy) is 4. The number of amides is 1. The van der Waals surface area contributed by atoms with Gasteiger partial charge < -0.3 is 29.4 Å². The number of aromatic hydroxyl groups is 1. The second kappa shape index (κ2) is 9.33. The number of nitrogens with one attached hydrogen (secondary N) is 1. The summed E-state index contributed by atoms with van der Waals surface area (Å²) >= 11 is 0. The minimum absolute atomic E-state index is 0.0523. The predicted molar refractivity (Wildman–Crippen MR) is 96.3 cm³/mol. The molecular weight excluding hydrogens is 354 g/mol. The molecule has 27 heavy (non-hydrogen) atoms. The highest BCUT2D eigenvalue weighted by Gasteiger charge is 2.15. The minimum atomic E-state index is -0.809. The smallest absolute Gasteiger partial charge is 0.342 e. The van der Waals surface area contributed by atoms with Gasteiger partial charge >= 0.3 is 5.97 Å². The molecule has 0 saturated heterocycles. The zero-order valence-electron chi connectivity index (χ0n) is 15.3. The predicted octanol–water partition coefficient (Wildman–Crippen LogP) is 1.89. The van der Waals surface area contributed by atoms with Gasteiger partial charge in [-0.2, -0.15) is 0 Å². The molecule has 0 saturated carbocycles. The highest BCUT2D eigenvalue weighted by Crippen LogP contribution is 2.27. The van der Waals surface area contributed by atoms with Crippen LogP contribution in [0.3, 0.4) is 0 Å². The first-order valence-corrected chi connectivity index (χ1v) is 8.00. The Morgan fingerprint density at radius 3 is 2.33 bits per heavy atom. The van der Waals surface area contributed by atoms with E-state index in [2.05, 4.69) is 5.32 Å². The van der Waals surface area contributed by atoms with Crippen LogP contribution >= 0.6 is 0 Å². The molecular formula is C19H21NO7. The zero-order chi connectivity index (χ0) is 19.8. The van der Waals surface area contributed by atoms with Crippen molar-refractivity contribution in [2.24, 2.45) is 0 Å². The molecule has 0 unspecified atom stereocenters. The number of phenols is 1. The largest absolute Gasteiger partial charge is 0.507 e. The van der Waals surface area contributed by atoms with Crippen LogP contribution in [0.4, 0.5) is 0 Å². The van der Waals surface area contributed by atoms with Crippen LogP contribution in [0, 0.1) is 0 Å². The molecule has 2 aromatic carbocycles. The number of rotatable bonds is 8. The lowest BCUT2D eigenvalue weighted by Gasteiger charge is -2.11. The lowest BCUT2D eigenvalue weighted by molar-refractivity contribution is -0.124. The second-order valence-electron chi connectivity index (χ2n) is 5.43. The van der Waals surface area contributed by atoms with Crippen molar-refractivity contribution in [1.29, 1.82) is 0 Å². The Kier molecular flexibility index (Phi) is 6.87. The first-order valence-electron chi connectivity index (χ1n) is 8.00. The van der Waals surface area contributed by atoms with E-state index in [1.54, 1.807) is 18.2 Å². The van der Waals surface area contributed by atoms with E-state index in [9.17, 15) is 14.7 Å². The van der Waals surface area contributed by atoms with Gasteiger partial charge in [0.2, 0.25) is 0 Å². The van der Waals surface area contributed by atoms with E-state index < -0.39 is 18.5 Å². The van der Waals surface area contributed by atoms with Crippen LogP contribution in [0.2, 0.25) is 0 Å². The Balaban J connectivity index is 1.86. The van der Waals surface area contributed by atoms with Crippen LogP contribution in [0.1, 0.15) is 15.9 Å². The lowest BCUT2D eigenvalue weighted by Crippen LogP contribution is -2.28. The third-order valence-electron chi connectivity index (χ3n) is 3.70. The molecule has 2 rings (SSSR count).